The molecule has 2 atom stereocenters. The molecule has 0 bridgehead atoms. The molecule has 1 heteroatoms. The normalized spacial score (nSPS) is 16.3. The summed E-state index contributed by atoms with van der Waals surface area (Å²) in [7, 11) is 0. The molecule has 1 aromatic carbocycles. The van der Waals surface area contributed by atoms with Crippen molar-refractivity contribution in [2.45, 2.75) is 192 Å². The van der Waals surface area contributed by atoms with Crippen molar-refractivity contribution < 1.29 is 0 Å². The van der Waals surface area contributed by atoms with Gasteiger partial charge < -0.3 is 0 Å². The molecule has 0 heterocycles. The van der Waals surface area contributed by atoms with Crippen molar-refractivity contribution in [2.75, 3.05) is 0 Å². The minimum atomic E-state index is 0.118. The van der Waals surface area contributed by atoms with Gasteiger partial charge in [-0.25, -0.2) is 0 Å². The zero-order chi connectivity index (χ0) is 34.2. The van der Waals surface area contributed by atoms with Gasteiger partial charge in [0.25, 0.3) is 0 Å². The first kappa shape index (κ1) is 40.6. The molecule has 2 unspecified atom stereocenters. The van der Waals surface area contributed by atoms with E-state index in [1.54, 1.807) is 0 Å². The molecule has 0 saturated carbocycles. The minimum Gasteiger partial charge on any atom is -0.154 e. The molecule has 0 saturated heterocycles. The average molecular weight is 615 g/mol. The fourth-order valence-electron chi connectivity index (χ4n) is 9.78. The third-order valence-electron chi connectivity index (χ3n) is 9.57. The van der Waals surface area contributed by atoms with Crippen LogP contribution in [-0.4, -0.2) is 10.5 Å². The Morgan fingerprint density at radius 1 is 0.512 bits per heavy atom. The highest BCUT2D eigenvalue weighted by molar-refractivity contribution is 8.00. The molecule has 43 heavy (non-hydrogen) atoms. The molecule has 0 N–H and O–H groups in total. The Morgan fingerprint density at radius 2 is 0.884 bits per heavy atom. The minimum absolute atomic E-state index is 0.118. The molecule has 0 aliphatic rings. The van der Waals surface area contributed by atoms with E-state index >= 15 is 0 Å². The maximum absolute atomic E-state index is 2.58. The van der Waals surface area contributed by atoms with Crippen LogP contribution in [0.2, 0.25) is 0 Å². The maximum Gasteiger partial charge on any atom is 0.0124 e. The Morgan fingerprint density at radius 3 is 1.23 bits per heavy atom. The van der Waals surface area contributed by atoms with Crippen molar-refractivity contribution in [1.29, 1.82) is 0 Å². The van der Waals surface area contributed by atoms with E-state index in [1.807, 2.05) is 0 Å². The molecule has 1 aromatic rings. The molecule has 0 spiro atoms. The van der Waals surface area contributed by atoms with E-state index in [0.29, 0.717) is 33.2 Å². The standard InChI is InChI=1S/C42H78S/c1-29(2)34(41(18,19)27-38(12,13)25-36(6,7)8)43-35(30(3)4)42(20,21)28-39(14,15)26-40(16,17)33-23-31(5)22-32(24-33)37(9,10)11/h22-24,29-30,34-35H,25-28H2,1-21H3. The van der Waals surface area contributed by atoms with E-state index in [4.69, 9.17) is 0 Å². The fraction of sp³-hybridized carbons (Fsp3) is 0.857. The van der Waals surface area contributed by atoms with Crippen molar-refractivity contribution in [3.8, 4) is 0 Å². The van der Waals surface area contributed by atoms with Gasteiger partial charge in [-0.3, -0.25) is 0 Å². The van der Waals surface area contributed by atoms with E-state index in [2.05, 4.69) is 175 Å². The van der Waals surface area contributed by atoms with Crippen LogP contribution < -0.4 is 0 Å². The highest BCUT2D eigenvalue weighted by Crippen LogP contribution is 2.54. The van der Waals surface area contributed by atoms with Crippen LogP contribution in [0.15, 0.2) is 18.2 Å². The fourth-order valence-corrected chi connectivity index (χ4v) is 11.6. The second kappa shape index (κ2) is 13.7. The summed E-state index contributed by atoms with van der Waals surface area (Å²) in [5, 5.41) is 1.24. The summed E-state index contributed by atoms with van der Waals surface area (Å²) in [5.74, 6) is 1.28. The van der Waals surface area contributed by atoms with Gasteiger partial charge in [0, 0.05) is 10.5 Å². The van der Waals surface area contributed by atoms with Gasteiger partial charge in [-0.15, -0.1) is 0 Å². The number of benzene rings is 1. The lowest BCUT2D eigenvalue weighted by Crippen LogP contribution is -2.43. The van der Waals surface area contributed by atoms with Crippen molar-refractivity contribution in [2.24, 2.45) is 38.9 Å². The Hall–Kier alpha value is -0.430. The van der Waals surface area contributed by atoms with Gasteiger partial charge in [-0.05, 0) is 93.5 Å². The summed E-state index contributed by atoms with van der Waals surface area (Å²) in [6.45, 7) is 51.8. The predicted molar refractivity (Wildman–Crippen MR) is 201 cm³/mol. The van der Waals surface area contributed by atoms with E-state index in [9.17, 15) is 0 Å². The first-order chi connectivity index (χ1) is 18.8. The van der Waals surface area contributed by atoms with Crippen LogP contribution in [0.3, 0.4) is 0 Å². The van der Waals surface area contributed by atoms with E-state index in [1.165, 1.54) is 42.4 Å². The van der Waals surface area contributed by atoms with Crippen molar-refractivity contribution >= 4 is 11.8 Å². The largest absolute Gasteiger partial charge is 0.154 e. The van der Waals surface area contributed by atoms with Crippen LogP contribution >= 0.6 is 11.8 Å². The Labute approximate surface area is 277 Å². The number of aryl methyl sites for hydroxylation is 1. The highest BCUT2D eigenvalue weighted by atomic mass is 32.2. The average Bonchev–Trinajstić information content (AvgIpc) is 2.67. The SMILES string of the molecule is Cc1cc(C(C)(C)C)cc(C(C)(C)CC(C)(C)CC(C)(C)C(SC(C(C)C)C(C)(C)CC(C)(C)CC(C)(C)C)C(C)C)c1. The second-order valence-corrected chi connectivity index (χ2v) is 22.5. The van der Waals surface area contributed by atoms with Gasteiger partial charge >= 0.3 is 0 Å². The summed E-state index contributed by atoms with van der Waals surface area (Å²) < 4.78 is 0. The zero-order valence-corrected chi connectivity index (χ0v) is 34.1. The van der Waals surface area contributed by atoms with Crippen molar-refractivity contribution in [1.82, 2.24) is 0 Å². The topological polar surface area (TPSA) is 0 Å². The summed E-state index contributed by atoms with van der Waals surface area (Å²) in [6.07, 6.45) is 4.95. The third-order valence-corrected chi connectivity index (χ3v) is 12.5. The summed E-state index contributed by atoms with van der Waals surface area (Å²) in [6, 6.07) is 7.33. The van der Waals surface area contributed by atoms with E-state index < -0.39 is 0 Å². The van der Waals surface area contributed by atoms with Crippen LogP contribution in [0.4, 0.5) is 0 Å². The first-order valence-electron chi connectivity index (χ1n) is 17.6. The number of rotatable bonds is 14. The van der Waals surface area contributed by atoms with Gasteiger partial charge in [0.15, 0.2) is 0 Å². The number of thioether (sulfide) groups is 1. The van der Waals surface area contributed by atoms with Crippen molar-refractivity contribution in [3.63, 3.8) is 0 Å². The molecule has 0 nitrogen and oxygen atoms in total. The number of hydrogen-bond acceptors (Lipinski definition) is 1. The molecule has 0 radical (unpaired) electrons. The Balaban J connectivity index is 3.32. The lowest BCUT2D eigenvalue weighted by molar-refractivity contribution is 0.120. The lowest BCUT2D eigenvalue weighted by Gasteiger charge is -2.49. The van der Waals surface area contributed by atoms with E-state index in [-0.39, 0.29) is 27.1 Å². The smallest absolute Gasteiger partial charge is 0.0124 e. The molecule has 0 fully saturated rings. The van der Waals surface area contributed by atoms with Gasteiger partial charge in [0.2, 0.25) is 0 Å². The second-order valence-electron chi connectivity index (χ2n) is 21.3. The molecule has 0 amide bonds. The third kappa shape index (κ3) is 12.7. The lowest BCUT2D eigenvalue weighted by atomic mass is 9.64. The summed E-state index contributed by atoms with van der Waals surface area (Å²) in [4.78, 5) is 0. The van der Waals surface area contributed by atoms with Crippen LogP contribution in [-0.2, 0) is 10.8 Å². The van der Waals surface area contributed by atoms with Crippen LogP contribution in [0, 0.1) is 45.8 Å². The van der Waals surface area contributed by atoms with E-state index in [0.717, 1.165) is 0 Å². The zero-order valence-electron chi connectivity index (χ0n) is 33.3. The molecular weight excluding hydrogens is 537 g/mol. The molecule has 0 aliphatic carbocycles. The summed E-state index contributed by atoms with van der Waals surface area (Å²) in [5.41, 5.74) is 6.03. The quantitative estimate of drug-likeness (QED) is 0.201. The number of hydrogen-bond donors (Lipinski definition) is 0. The van der Waals surface area contributed by atoms with Gasteiger partial charge in [0.05, 0.1) is 0 Å². The van der Waals surface area contributed by atoms with Crippen molar-refractivity contribution in [3.05, 3.63) is 34.9 Å². The molecule has 1 rings (SSSR count). The maximum atomic E-state index is 2.58. The summed E-state index contributed by atoms with van der Waals surface area (Å²) >= 11 is 2.34. The Kier molecular flexibility index (Phi) is 13.0. The van der Waals surface area contributed by atoms with Crippen LogP contribution in [0.1, 0.15) is 181 Å². The van der Waals surface area contributed by atoms with Crippen LogP contribution in [0.5, 0.6) is 0 Å². The predicted octanol–water partition coefficient (Wildman–Crippen LogP) is 14.1. The molecule has 252 valence electrons. The highest BCUT2D eigenvalue weighted by Gasteiger charge is 2.45. The van der Waals surface area contributed by atoms with Gasteiger partial charge in [-0.1, -0.05) is 162 Å². The first-order valence-corrected chi connectivity index (χ1v) is 18.5. The molecule has 0 aromatic heterocycles. The monoisotopic (exact) mass is 615 g/mol. The van der Waals surface area contributed by atoms with Crippen LogP contribution in [0.25, 0.3) is 0 Å². The molecule has 0 aliphatic heterocycles. The molecular formula is C42H78S. The van der Waals surface area contributed by atoms with Gasteiger partial charge in [0.1, 0.15) is 0 Å². The Bertz CT molecular complexity index is 1020. The van der Waals surface area contributed by atoms with Gasteiger partial charge in [-0.2, -0.15) is 11.8 Å².